The molecule has 4 nitrogen and oxygen atoms in total. The minimum Gasteiger partial charge on any atom is -0.324 e. The Morgan fingerprint density at radius 2 is 2.00 bits per heavy atom. The Labute approximate surface area is 114 Å². The van der Waals surface area contributed by atoms with Gasteiger partial charge >= 0.3 is 0 Å². The first kappa shape index (κ1) is 13.7. The Morgan fingerprint density at radius 1 is 1.26 bits per heavy atom. The van der Waals surface area contributed by atoms with Crippen molar-refractivity contribution in [2.75, 3.05) is 0 Å². The maximum atomic E-state index is 6.25. The molecule has 0 aliphatic rings. The van der Waals surface area contributed by atoms with Crippen LogP contribution in [0.5, 0.6) is 0 Å². The number of pyridine rings is 1. The van der Waals surface area contributed by atoms with Gasteiger partial charge < -0.3 is 5.73 Å². The molecule has 2 N–H and O–H groups in total. The van der Waals surface area contributed by atoms with E-state index in [1.807, 2.05) is 31.0 Å². The summed E-state index contributed by atoms with van der Waals surface area (Å²) in [5.41, 5.74) is 12.2. The highest BCUT2D eigenvalue weighted by Gasteiger charge is 2.12. The van der Waals surface area contributed by atoms with Gasteiger partial charge in [0.1, 0.15) is 0 Å². The summed E-state index contributed by atoms with van der Waals surface area (Å²) in [5, 5.41) is 4.44. The van der Waals surface area contributed by atoms with E-state index >= 15 is 0 Å². The van der Waals surface area contributed by atoms with E-state index in [2.05, 4.69) is 30.0 Å². The standard InChI is InChI=1S/C15H22N4/c1-10-7-13(9-17-8-10)15(16)6-5-14-11(2)18-19(4)12(14)3/h7-9,15H,5-6,16H2,1-4H3. The van der Waals surface area contributed by atoms with Gasteiger partial charge in [0.15, 0.2) is 0 Å². The first-order valence-electron chi connectivity index (χ1n) is 6.65. The number of hydrogen-bond donors (Lipinski definition) is 1. The minimum absolute atomic E-state index is 0.0337. The summed E-state index contributed by atoms with van der Waals surface area (Å²) in [6, 6.07) is 2.15. The van der Waals surface area contributed by atoms with E-state index in [9.17, 15) is 0 Å². The third-order valence-electron chi connectivity index (χ3n) is 3.69. The summed E-state index contributed by atoms with van der Waals surface area (Å²) >= 11 is 0. The summed E-state index contributed by atoms with van der Waals surface area (Å²) < 4.78 is 1.93. The number of aryl methyl sites for hydroxylation is 3. The Bertz CT molecular complexity index is 572. The van der Waals surface area contributed by atoms with E-state index in [0.29, 0.717) is 0 Å². The molecule has 0 amide bonds. The van der Waals surface area contributed by atoms with E-state index in [0.717, 1.165) is 29.7 Å². The zero-order valence-corrected chi connectivity index (χ0v) is 12.1. The molecular formula is C15H22N4. The smallest absolute Gasteiger partial charge is 0.0628 e. The fourth-order valence-electron chi connectivity index (χ4n) is 2.43. The molecule has 0 saturated carbocycles. The molecule has 0 saturated heterocycles. The van der Waals surface area contributed by atoms with Crippen molar-refractivity contribution in [3.63, 3.8) is 0 Å². The van der Waals surface area contributed by atoms with Crippen LogP contribution in [0.25, 0.3) is 0 Å². The van der Waals surface area contributed by atoms with Gasteiger partial charge in [-0.2, -0.15) is 5.10 Å². The molecule has 1 unspecified atom stereocenters. The molecule has 1 atom stereocenters. The average molecular weight is 258 g/mol. The van der Waals surface area contributed by atoms with E-state index < -0.39 is 0 Å². The number of hydrogen-bond acceptors (Lipinski definition) is 3. The van der Waals surface area contributed by atoms with Crippen molar-refractivity contribution in [2.24, 2.45) is 12.8 Å². The fourth-order valence-corrected chi connectivity index (χ4v) is 2.43. The second-order valence-electron chi connectivity index (χ2n) is 5.21. The zero-order valence-electron chi connectivity index (χ0n) is 12.1. The van der Waals surface area contributed by atoms with Gasteiger partial charge in [0.2, 0.25) is 0 Å². The molecule has 0 spiro atoms. The summed E-state index contributed by atoms with van der Waals surface area (Å²) in [6.07, 6.45) is 5.59. The highest BCUT2D eigenvalue weighted by molar-refractivity contribution is 5.25. The molecule has 2 heterocycles. The highest BCUT2D eigenvalue weighted by Crippen LogP contribution is 2.20. The van der Waals surface area contributed by atoms with E-state index in [1.165, 1.54) is 11.3 Å². The van der Waals surface area contributed by atoms with Gasteiger partial charge in [-0.3, -0.25) is 9.67 Å². The molecular weight excluding hydrogens is 236 g/mol. The van der Waals surface area contributed by atoms with Gasteiger partial charge in [0.05, 0.1) is 5.69 Å². The molecule has 2 aromatic heterocycles. The molecule has 102 valence electrons. The summed E-state index contributed by atoms with van der Waals surface area (Å²) in [6.45, 7) is 6.20. The van der Waals surface area contributed by atoms with Crippen LogP contribution < -0.4 is 5.73 Å². The van der Waals surface area contributed by atoms with Crippen molar-refractivity contribution < 1.29 is 0 Å². The number of nitrogens with zero attached hydrogens (tertiary/aromatic N) is 3. The number of rotatable bonds is 4. The monoisotopic (exact) mass is 258 g/mol. The van der Waals surface area contributed by atoms with Crippen molar-refractivity contribution in [3.05, 3.63) is 46.5 Å². The van der Waals surface area contributed by atoms with Crippen molar-refractivity contribution in [3.8, 4) is 0 Å². The molecule has 0 aliphatic carbocycles. The lowest BCUT2D eigenvalue weighted by Crippen LogP contribution is -2.12. The van der Waals surface area contributed by atoms with Crippen LogP contribution in [-0.4, -0.2) is 14.8 Å². The maximum absolute atomic E-state index is 6.25. The quantitative estimate of drug-likeness (QED) is 0.916. The lowest BCUT2D eigenvalue weighted by molar-refractivity contribution is 0.644. The first-order chi connectivity index (χ1) is 8.99. The largest absolute Gasteiger partial charge is 0.324 e. The van der Waals surface area contributed by atoms with Crippen LogP contribution >= 0.6 is 0 Å². The van der Waals surface area contributed by atoms with Crippen molar-refractivity contribution in [1.29, 1.82) is 0 Å². The average Bonchev–Trinajstić information content (AvgIpc) is 2.61. The lowest BCUT2D eigenvalue weighted by Gasteiger charge is -2.12. The van der Waals surface area contributed by atoms with Gasteiger partial charge in [-0.25, -0.2) is 0 Å². The molecule has 0 radical (unpaired) electrons. The fraction of sp³-hybridized carbons (Fsp3) is 0.467. The predicted molar refractivity (Wildman–Crippen MR) is 76.9 cm³/mol. The molecule has 19 heavy (non-hydrogen) atoms. The van der Waals surface area contributed by atoms with Gasteiger partial charge in [-0.15, -0.1) is 0 Å². The summed E-state index contributed by atoms with van der Waals surface area (Å²) in [5.74, 6) is 0. The highest BCUT2D eigenvalue weighted by atomic mass is 15.3. The topological polar surface area (TPSA) is 56.7 Å². The third kappa shape index (κ3) is 3.01. The lowest BCUT2D eigenvalue weighted by atomic mass is 9.99. The molecule has 2 aromatic rings. The van der Waals surface area contributed by atoms with Crippen LogP contribution in [0, 0.1) is 20.8 Å². The minimum atomic E-state index is 0.0337. The second kappa shape index (κ2) is 5.53. The van der Waals surface area contributed by atoms with Gasteiger partial charge in [-0.1, -0.05) is 6.07 Å². The molecule has 4 heteroatoms. The second-order valence-corrected chi connectivity index (χ2v) is 5.21. The Balaban J connectivity index is 2.06. The normalized spacial score (nSPS) is 12.7. The predicted octanol–water partition coefficient (Wildman–Crippen LogP) is 2.37. The zero-order chi connectivity index (χ0) is 14.0. The van der Waals surface area contributed by atoms with Crippen molar-refractivity contribution >= 4 is 0 Å². The SMILES string of the molecule is Cc1cncc(C(N)CCc2c(C)nn(C)c2C)c1. The van der Waals surface area contributed by atoms with Crippen LogP contribution in [-0.2, 0) is 13.5 Å². The van der Waals surface area contributed by atoms with Gasteiger partial charge in [0, 0.05) is 31.2 Å². The maximum Gasteiger partial charge on any atom is 0.0628 e. The number of nitrogens with two attached hydrogens (primary N) is 1. The van der Waals surface area contributed by atoms with Crippen LogP contribution in [0.2, 0.25) is 0 Å². The summed E-state index contributed by atoms with van der Waals surface area (Å²) in [7, 11) is 1.98. The molecule has 0 fully saturated rings. The van der Waals surface area contributed by atoms with Crippen molar-refractivity contribution in [2.45, 2.75) is 39.7 Å². The number of aromatic nitrogens is 3. The van der Waals surface area contributed by atoms with Crippen LogP contribution in [0.1, 0.15) is 40.5 Å². The van der Waals surface area contributed by atoms with E-state index in [-0.39, 0.29) is 6.04 Å². The van der Waals surface area contributed by atoms with Crippen molar-refractivity contribution in [1.82, 2.24) is 14.8 Å². The van der Waals surface area contributed by atoms with Crippen LogP contribution in [0.3, 0.4) is 0 Å². The first-order valence-corrected chi connectivity index (χ1v) is 6.65. The molecule has 0 bridgehead atoms. The Morgan fingerprint density at radius 3 is 2.58 bits per heavy atom. The van der Waals surface area contributed by atoms with Gasteiger partial charge in [-0.05, 0) is 50.3 Å². The molecule has 0 aliphatic heterocycles. The Hall–Kier alpha value is -1.68. The summed E-state index contributed by atoms with van der Waals surface area (Å²) in [4.78, 5) is 4.20. The molecule has 2 rings (SSSR count). The van der Waals surface area contributed by atoms with E-state index in [1.54, 1.807) is 0 Å². The Kier molecular flexibility index (Phi) is 4.00. The van der Waals surface area contributed by atoms with Crippen LogP contribution in [0.15, 0.2) is 18.5 Å². The van der Waals surface area contributed by atoms with Gasteiger partial charge in [0.25, 0.3) is 0 Å². The van der Waals surface area contributed by atoms with E-state index in [4.69, 9.17) is 5.73 Å². The third-order valence-corrected chi connectivity index (χ3v) is 3.69. The molecule has 0 aromatic carbocycles. The van der Waals surface area contributed by atoms with Crippen LogP contribution in [0.4, 0.5) is 0 Å².